The normalized spacial score (nSPS) is 14.1. The maximum absolute atomic E-state index is 11.5. The number of hydrogen-bond acceptors (Lipinski definition) is 3. The van der Waals surface area contributed by atoms with Gasteiger partial charge < -0.3 is 4.74 Å². The van der Waals surface area contributed by atoms with Gasteiger partial charge in [0.25, 0.3) is 0 Å². The Balaban J connectivity index is 5.17. The van der Waals surface area contributed by atoms with E-state index in [2.05, 4.69) is 71.6 Å². The number of hydrogen-bond donors (Lipinski definition) is 1. The lowest BCUT2D eigenvalue weighted by Crippen LogP contribution is -2.82. The van der Waals surface area contributed by atoms with E-state index < -0.39 is 29.4 Å². The van der Waals surface area contributed by atoms with Crippen LogP contribution in [0.5, 0.6) is 0 Å². The van der Waals surface area contributed by atoms with E-state index in [-0.39, 0.29) is 5.97 Å². The van der Waals surface area contributed by atoms with Gasteiger partial charge in [-0.3, -0.25) is 4.79 Å². The largest absolute Gasteiger partial charge is 0.466 e. The predicted molar refractivity (Wildman–Crippen MR) is 115 cm³/mol. The molecule has 0 rings (SSSR count). The first-order chi connectivity index (χ1) is 9.70. The second kappa shape index (κ2) is 8.18. The molecule has 0 saturated carbocycles. The van der Waals surface area contributed by atoms with Crippen molar-refractivity contribution in [1.82, 2.24) is 0 Å². The zero-order valence-corrected chi connectivity index (χ0v) is 21.2. The van der Waals surface area contributed by atoms with Crippen molar-refractivity contribution in [3.05, 3.63) is 0 Å². The molecular formula is C15H38O2SSi4. The summed E-state index contributed by atoms with van der Waals surface area (Å²) in [4.78, 5) is 11.5. The van der Waals surface area contributed by atoms with Gasteiger partial charge >= 0.3 is 5.97 Å². The van der Waals surface area contributed by atoms with E-state index in [9.17, 15) is 4.79 Å². The SMILES string of the molecule is C[Si](C)(C)[Si](CCCOC(=O)CCS)([Si](C)(C)C)[Si](C)(C)C. The molecule has 0 heterocycles. The van der Waals surface area contributed by atoms with Crippen LogP contribution in [0.2, 0.25) is 65.0 Å². The number of carbonyl (C=O) groups is 1. The van der Waals surface area contributed by atoms with E-state index >= 15 is 0 Å². The highest BCUT2D eigenvalue weighted by molar-refractivity contribution is 7.89. The summed E-state index contributed by atoms with van der Waals surface area (Å²) >= 11 is 4.09. The Bertz CT molecular complexity index is 331. The summed E-state index contributed by atoms with van der Waals surface area (Å²) < 4.78 is 5.40. The second-order valence-electron chi connectivity index (χ2n) is 9.45. The van der Waals surface area contributed by atoms with Crippen LogP contribution in [0.4, 0.5) is 0 Å². The minimum atomic E-state index is -1.28. The average molecular weight is 395 g/mol. The van der Waals surface area contributed by atoms with E-state index in [1.165, 1.54) is 6.04 Å². The van der Waals surface area contributed by atoms with Gasteiger partial charge in [-0.05, 0) is 6.42 Å². The van der Waals surface area contributed by atoms with Gasteiger partial charge in [-0.2, -0.15) is 12.6 Å². The predicted octanol–water partition coefficient (Wildman–Crippen LogP) is 4.94. The van der Waals surface area contributed by atoms with E-state index in [1.807, 2.05) is 0 Å². The summed E-state index contributed by atoms with van der Waals surface area (Å²) in [7, 11) is -3.57. The van der Waals surface area contributed by atoms with Gasteiger partial charge in [-0.25, -0.2) is 0 Å². The Kier molecular flexibility index (Phi) is 8.43. The molecule has 0 aromatic carbocycles. The van der Waals surface area contributed by atoms with E-state index in [0.717, 1.165) is 6.42 Å². The summed E-state index contributed by atoms with van der Waals surface area (Å²) in [6.07, 6.45) is 1.51. The van der Waals surface area contributed by atoms with Crippen LogP contribution >= 0.6 is 12.6 Å². The molecule has 22 heavy (non-hydrogen) atoms. The van der Waals surface area contributed by atoms with Gasteiger partial charge in [-0.1, -0.05) is 65.0 Å². The molecule has 132 valence electrons. The molecule has 0 fully saturated rings. The monoisotopic (exact) mass is 394 g/mol. The maximum atomic E-state index is 11.5. The first-order valence-electron chi connectivity index (χ1n) is 8.47. The molecule has 0 aliphatic heterocycles. The molecular weight excluding hydrogens is 357 g/mol. The van der Waals surface area contributed by atoms with Crippen LogP contribution in [-0.2, 0) is 9.53 Å². The molecule has 7 heteroatoms. The summed E-state index contributed by atoms with van der Waals surface area (Å²) in [6.45, 7) is 22.9. The summed E-state index contributed by atoms with van der Waals surface area (Å²) in [5.74, 6) is 0.493. The van der Waals surface area contributed by atoms with Crippen molar-refractivity contribution in [2.45, 2.75) is 77.8 Å². The molecule has 0 aromatic heterocycles. The van der Waals surface area contributed by atoms with Gasteiger partial charge in [0.2, 0.25) is 0 Å². The Morgan fingerprint density at radius 2 is 1.27 bits per heavy atom. The Labute approximate surface area is 147 Å². The Morgan fingerprint density at radius 3 is 1.59 bits per heavy atom. The molecule has 0 N–H and O–H groups in total. The number of thiol groups is 1. The third-order valence-electron chi connectivity index (χ3n) is 5.12. The van der Waals surface area contributed by atoms with Crippen molar-refractivity contribution >= 4 is 48.0 Å². The average Bonchev–Trinajstić information content (AvgIpc) is 2.23. The van der Waals surface area contributed by atoms with Crippen LogP contribution in [0.3, 0.4) is 0 Å². The number of ether oxygens (including phenoxy) is 1. The summed E-state index contributed by atoms with van der Waals surface area (Å²) in [6, 6.07) is 1.38. The Morgan fingerprint density at radius 1 is 0.864 bits per heavy atom. The van der Waals surface area contributed by atoms with Crippen LogP contribution in [0, 0.1) is 0 Å². The quantitative estimate of drug-likeness (QED) is 0.259. The first kappa shape index (κ1) is 22.7. The fraction of sp³-hybridized carbons (Fsp3) is 0.933. The molecule has 2 nitrogen and oxygen atoms in total. The van der Waals surface area contributed by atoms with Crippen LogP contribution in [-0.4, -0.2) is 47.7 Å². The molecule has 0 bridgehead atoms. The zero-order valence-electron chi connectivity index (χ0n) is 16.3. The van der Waals surface area contributed by atoms with Gasteiger partial charge in [0.1, 0.15) is 0 Å². The lowest BCUT2D eigenvalue weighted by molar-refractivity contribution is -0.143. The molecule has 0 aliphatic carbocycles. The van der Waals surface area contributed by atoms with Crippen LogP contribution in [0.15, 0.2) is 0 Å². The van der Waals surface area contributed by atoms with Crippen molar-refractivity contribution < 1.29 is 9.53 Å². The fourth-order valence-electron chi connectivity index (χ4n) is 5.19. The number of rotatable bonds is 9. The highest BCUT2D eigenvalue weighted by Gasteiger charge is 2.60. The Hall–Kier alpha value is 0.688. The molecule has 0 unspecified atom stereocenters. The lowest BCUT2D eigenvalue weighted by Gasteiger charge is -2.58. The van der Waals surface area contributed by atoms with Gasteiger partial charge in [0.05, 0.1) is 13.0 Å². The first-order valence-corrected chi connectivity index (χ1v) is 24.8. The van der Waals surface area contributed by atoms with Crippen molar-refractivity contribution in [1.29, 1.82) is 0 Å². The second-order valence-corrected chi connectivity index (χ2v) is 51.4. The van der Waals surface area contributed by atoms with Crippen molar-refractivity contribution in [2.75, 3.05) is 12.4 Å². The van der Waals surface area contributed by atoms with E-state index in [0.29, 0.717) is 18.8 Å². The standard InChI is InChI=1S/C15H38O2SSi4/c1-19(2,3)22(20(4,5)6,21(7,8)9)14-10-12-17-15(16)11-13-18/h18H,10-14H2,1-9H3. The van der Waals surface area contributed by atoms with Crippen molar-refractivity contribution in [2.24, 2.45) is 0 Å². The highest BCUT2D eigenvalue weighted by atomic mass is 32.1. The molecule has 0 atom stereocenters. The molecule has 0 aliphatic rings. The van der Waals surface area contributed by atoms with Gasteiger partial charge in [0.15, 0.2) is 0 Å². The number of carbonyl (C=O) groups excluding carboxylic acids is 1. The third kappa shape index (κ3) is 5.36. The topological polar surface area (TPSA) is 26.3 Å². The molecule has 0 spiro atoms. The van der Waals surface area contributed by atoms with Crippen molar-refractivity contribution in [3.63, 3.8) is 0 Å². The fourth-order valence-corrected chi connectivity index (χ4v) is 104. The smallest absolute Gasteiger partial charge is 0.306 e. The third-order valence-corrected chi connectivity index (χ3v) is 79.9. The minimum absolute atomic E-state index is 0.0868. The molecule has 0 amide bonds. The van der Waals surface area contributed by atoms with Crippen LogP contribution < -0.4 is 0 Å². The summed E-state index contributed by atoms with van der Waals surface area (Å²) in [5.41, 5.74) is 0. The van der Waals surface area contributed by atoms with Crippen molar-refractivity contribution in [3.8, 4) is 0 Å². The minimum Gasteiger partial charge on any atom is -0.466 e. The van der Waals surface area contributed by atoms with E-state index in [4.69, 9.17) is 4.74 Å². The lowest BCUT2D eigenvalue weighted by atomic mass is 10.5. The van der Waals surface area contributed by atoms with E-state index in [1.54, 1.807) is 0 Å². The highest BCUT2D eigenvalue weighted by Crippen LogP contribution is 2.40. The molecule has 0 radical (unpaired) electrons. The van der Waals surface area contributed by atoms with Crippen LogP contribution in [0.1, 0.15) is 12.8 Å². The van der Waals surface area contributed by atoms with Crippen LogP contribution in [0.25, 0.3) is 0 Å². The van der Waals surface area contributed by atoms with Gasteiger partial charge in [0, 0.05) is 35.2 Å². The number of esters is 1. The van der Waals surface area contributed by atoms with Gasteiger partial charge in [-0.15, -0.1) is 0 Å². The molecule has 0 saturated heterocycles. The molecule has 0 aromatic rings. The summed E-state index contributed by atoms with van der Waals surface area (Å²) in [5, 5.41) is 0. The maximum Gasteiger partial charge on any atom is 0.306 e. The zero-order chi connectivity index (χ0) is 17.8.